The Morgan fingerprint density at radius 1 is 1.21 bits per heavy atom. The second-order valence-electron chi connectivity index (χ2n) is 6.09. The molecule has 0 aliphatic heterocycles. The Labute approximate surface area is 169 Å². The maximum atomic E-state index is 12.8. The molecule has 4 rings (SSSR count). The lowest BCUT2D eigenvalue weighted by molar-refractivity contribution is -0.131. The summed E-state index contributed by atoms with van der Waals surface area (Å²) in [5.41, 5.74) is 0.779. The minimum atomic E-state index is -0.0115. The minimum Gasteiger partial charge on any atom is -0.459 e. The van der Waals surface area contributed by atoms with Gasteiger partial charge in [-0.2, -0.15) is 0 Å². The van der Waals surface area contributed by atoms with Crippen LogP contribution in [0, 0.1) is 0 Å². The lowest BCUT2D eigenvalue weighted by Gasteiger charge is -2.19. The molecule has 7 nitrogen and oxygen atoms in total. The third-order valence-corrected chi connectivity index (χ3v) is 5.92. The zero-order valence-corrected chi connectivity index (χ0v) is 16.8. The van der Waals surface area contributed by atoms with Crippen LogP contribution in [0.25, 0.3) is 21.5 Å². The van der Waals surface area contributed by atoms with E-state index in [9.17, 15) is 4.79 Å². The molecular weight excluding hydrogens is 396 g/mol. The molecule has 0 spiro atoms. The highest BCUT2D eigenvalue weighted by atomic mass is 32.1. The molecule has 0 fully saturated rings. The molecule has 0 N–H and O–H groups in total. The van der Waals surface area contributed by atoms with E-state index in [0.717, 1.165) is 22.0 Å². The first kappa shape index (κ1) is 18.6. The Hall–Kier alpha value is -2.78. The molecule has 0 aliphatic carbocycles. The van der Waals surface area contributed by atoms with Crippen molar-refractivity contribution in [1.82, 2.24) is 20.1 Å². The normalized spacial score (nSPS) is 11.0. The van der Waals surface area contributed by atoms with Gasteiger partial charge in [0, 0.05) is 11.9 Å². The summed E-state index contributed by atoms with van der Waals surface area (Å²) in [5, 5.41) is 12.9. The van der Waals surface area contributed by atoms with Gasteiger partial charge in [-0.1, -0.05) is 13.0 Å². The van der Waals surface area contributed by atoms with Gasteiger partial charge in [-0.3, -0.25) is 4.79 Å². The van der Waals surface area contributed by atoms with Crippen LogP contribution in [-0.2, 0) is 17.8 Å². The molecule has 0 radical (unpaired) electrons. The smallest absolute Gasteiger partial charge is 0.283 e. The fourth-order valence-electron chi connectivity index (χ4n) is 2.71. The highest BCUT2D eigenvalue weighted by molar-refractivity contribution is 7.20. The molecule has 0 bridgehead atoms. The number of rotatable bonds is 8. The maximum Gasteiger partial charge on any atom is 0.283 e. The largest absolute Gasteiger partial charge is 0.459 e. The average molecular weight is 415 g/mol. The molecule has 9 heteroatoms. The average Bonchev–Trinajstić information content (AvgIpc) is 3.48. The van der Waals surface area contributed by atoms with E-state index in [1.807, 2.05) is 29.8 Å². The van der Waals surface area contributed by atoms with Gasteiger partial charge in [-0.15, -0.1) is 32.9 Å². The lowest BCUT2D eigenvalue weighted by atomic mass is 10.2. The van der Waals surface area contributed by atoms with Crippen molar-refractivity contribution in [2.45, 2.75) is 26.3 Å². The summed E-state index contributed by atoms with van der Waals surface area (Å²) in [6.45, 7) is 2.90. The van der Waals surface area contributed by atoms with Gasteiger partial charge in [0.1, 0.15) is 5.01 Å². The van der Waals surface area contributed by atoms with E-state index in [0.29, 0.717) is 24.1 Å². The van der Waals surface area contributed by atoms with Crippen molar-refractivity contribution in [3.63, 3.8) is 0 Å². The Bertz CT molecular complexity index is 1020. The van der Waals surface area contributed by atoms with E-state index in [1.54, 1.807) is 46.0 Å². The van der Waals surface area contributed by atoms with Crippen molar-refractivity contribution < 1.29 is 13.6 Å². The standard InChI is InChI=1S/C19H18N4O3S2/c1-2-7-23(11-16-21-22-18(26-16)14-5-3-8-25-14)17(24)10-13-12-28-19(20-13)15-6-4-9-27-15/h3-6,8-9,12H,2,7,10-11H2,1H3. The molecule has 0 aliphatic rings. The van der Waals surface area contributed by atoms with E-state index in [1.165, 1.54) is 0 Å². The second-order valence-corrected chi connectivity index (χ2v) is 7.90. The first-order valence-corrected chi connectivity index (χ1v) is 10.6. The SMILES string of the molecule is CCCN(Cc1nnc(-c2ccco2)o1)C(=O)Cc1csc(-c2cccs2)n1. The van der Waals surface area contributed by atoms with Gasteiger partial charge in [0.05, 0.1) is 29.8 Å². The zero-order valence-electron chi connectivity index (χ0n) is 15.2. The van der Waals surface area contributed by atoms with Crippen molar-refractivity contribution in [2.24, 2.45) is 0 Å². The predicted molar refractivity (Wildman–Crippen MR) is 107 cm³/mol. The van der Waals surface area contributed by atoms with Gasteiger partial charge < -0.3 is 13.7 Å². The van der Waals surface area contributed by atoms with Gasteiger partial charge in [0.15, 0.2) is 5.76 Å². The highest BCUT2D eigenvalue weighted by Crippen LogP contribution is 2.28. The fraction of sp³-hybridized carbons (Fsp3) is 0.263. The first-order valence-electron chi connectivity index (χ1n) is 8.85. The number of carbonyl (C=O) groups excluding carboxylic acids is 1. The maximum absolute atomic E-state index is 12.8. The Kier molecular flexibility index (Phi) is 5.63. The van der Waals surface area contributed by atoms with E-state index >= 15 is 0 Å². The van der Waals surface area contributed by atoms with Crippen LogP contribution < -0.4 is 0 Å². The van der Waals surface area contributed by atoms with Crippen LogP contribution in [-0.4, -0.2) is 32.5 Å². The number of hydrogen-bond acceptors (Lipinski definition) is 8. The zero-order chi connectivity index (χ0) is 19.3. The number of thiazole rings is 1. The van der Waals surface area contributed by atoms with Crippen LogP contribution in [0.15, 0.2) is 50.1 Å². The summed E-state index contributed by atoms with van der Waals surface area (Å²) < 4.78 is 10.9. The van der Waals surface area contributed by atoms with E-state index in [4.69, 9.17) is 8.83 Å². The van der Waals surface area contributed by atoms with Crippen molar-refractivity contribution in [3.05, 3.63) is 52.9 Å². The van der Waals surface area contributed by atoms with Crippen molar-refractivity contribution >= 4 is 28.6 Å². The number of furan rings is 1. The van der Waals surface area contributed by atoms with Crippen LogP contribution in [0.1, 0.15) is 24.9 Å². The summed E-state index contributed by atoms with van der Waals surface area (Å²) in [6.07, 6.45) is 2.63. The van der Waals surface area contributed by atoms with Crippen LogP contribution in [0.3, 0.4) is 0 Å². The Morgan fingerprint density at radius 2 is 2.14 bits per heavy atom. The Balaban J connectivity index is 1.43. The molecule has 1 amide bonds. The highest BCUT2D eigenvalue weighted by Gasteiger charge is 2.19. The van der Waals surface area contributed by atoms with Gasteiger partial charge in [-0.25, -0.2) is 4.98 Å². The molecule has 0 saturated carbocycles. The number of nitrogens with zero attached hydrogens (tertiary/aromatic N) is 4. The molecule has 0 saturated heterocycles. The van der Waals surface area contributed by atoms with Gasteiger partial charge >= 0.3 is 0 Å². The lowest BCUT2D eigenvalue weighted by Crippen LogP contribution is -2.32. The quantitative estimate of drug-likeness (QED) is 0.422. The number of carbonyl (C=O) groups is 1. The molecule has 4 aromatic rings. The molecule has 4 aromatic heterocycles. The van der Waals surface area contributed by atoms with Crippen LogP contribution in [0.4, 0.5) is 0 Å². The summed E-state index contributed by atoms with van der Waals surface area (Å²) in [5.74, 6) is 1.19. The topological polar surface area (TPSA) is 85.3 Å². The predicted octanol–water partition coefficient (Wildman–Crippen LogP) is 4.50. The van der Waals surface area contributed by atoms with Crippen molar-refractivity contribution in [2.75, 3.05) is 6.54 Å². The summed E-state index contributed by atoms with van der Waals surface area (Å²) >= 11 is 3.20. The summed E-state index contributed by atoms with van der Waals surface area (Å²) in [7, 11) is 0. The number of hydrogen-bond donors (Lipinski definition) is 0. The van der Waals surface area contributed by atoms with E-state index in [-0.39, 0.29) is 18.9 Å². The van der Waals surface area contributed by atoms with E-state index < -0.39 is 0 Å². The van der Waals surface area contributed by atoms with Crippen LogP contribution in [0.5, 0.6) is 0 Å². The number of amides is 1. The van der Waals surface area contributed by atoms with Crippen LogP contribution in [0.2, 0.25) is 0 Å². The van der Waals surface area contributed by atoms with Gasteiger partial charge in [0.25, 0.3) is 5.89 Å². The fourth-order valence-corrected chi connectivity index (χ4v) is 4.34. The molecule has 0 aromatic carbocycles. The minimum absolute atomic E-state index is 0.0115. The van der Waals surface area contributed by atoms with Gasteiger partial charge in [0.2, 0.25) is 11.8 Å². The summed E-state index contributed by atoms with van der Waals surface area (Å²) in [6, 6.07) is 7.53. The molecular formula is C19H18N4O3S2. The first-order chi connectivity index (χ1) is 13.7. The van der Waals surface area contributed by atoms with Crippen molar-refractivity contribution in [3.8, 4) is 21.5 Å². The van der Waals surface area contributed by atoms with Crippen LogP contribution >= 0.6 is 22.7 Å². The molecule has 144 valence electrons. The molecule has 0 atom stereocenters. The third-order valence-electron chi connectivity index (χ3n) is 3.99. The number of thiophene rings is 1. The Morgan fingerprint density at radius 3 is 2.89 bits per heavy atom. The van der Waals surface area contributed by atoms with Crippen molar-refractivity contribution in [1.29, 1.82) is 0 Å². The second kappa shape index (κ2) is 8.49. The van der Waals surface area contributed by atoms with E-state index in [2.05, 4.69) is 15.2 Å². The molecule has 0 unspecified atom stereocenters. The number of aromatic nitrogens is 3. The van der Waals surface area contributed by atoms with Gasteiger partial charge in [-0.05, 0) is 30.0 Å². The third kappa shape index (κ3) is 4.20. The molecule has 4 heterocycles. The summed E-state index contributed by atoms with van der Waals surface area (Å²) in [4.78, 5) is 20.3. The monoisotopic (exact) mass is 414 g/mol. The molecule has 28 heavy (non-hydrogen) atoms.